The Morgan fingerprint density at radius 1 is 0.917 bits per heavy atom. The molecule has 1 fully saturated rings. The van der Waals surface area contributed by atoms with E-state index in [9.17, 15) is 4.79 Å². The predicted octanol–water partition coefficient (Wildman–Crippen LogP) is 5.45. The third-order valence-corrected chi connectivity index (χ3v) is 6.97. The number of methoxy groups -OCH3 is 3. The second-order valence-electron chi connectivity index (χ2n) is 9.50. The highest BCUT2D eigenvalue weighted by molar-refractivity contribution is 5.79. The lowest BCUT2D eigenvalue weighted by molar-refractivity contribution is -0.132. The average Bonchev–Trinajstić information content (AvgIpc) is 3.44. The standard InChI is InChI=1S/C30H42N2O4/c1-31(22-19-25-15-18-28(35-3)29(23-25)36-4)20-8-21-32(26-10-5-6-11-26)30(33)12-7-9-24-13-16-27(34-2)17-14-24/h7,9,13-18,23,26H,5-6,8,10-12,19-22H2,1-4H3. The Balaban J connectivity index is 1.46. The molecule has 0 N–H and O–H groups in total. The summed E-state index contributed by atoms with van der Waals surface area (Å²) >= 11 is 0. The first-order chi connectivity index (χ1) is 17.5. The van der Waals surface area contributed by atoms with E-state index in [0.717, 1.165) is 68.1 Å². The van der Waals surface area contributed by atoms with Gasteiger partial charge in [0.15, 0.2) is 11.5 Å². The van der Waals surface area contributed by atoms with Crippen LogP contribution in [0.2, 0.25) is 0 Å². The highest BCUT2D eigenvalue weighted by Gasteiger charge is 2.25. The van der Waals surface area contributed by atoms with Crippen molar-refractivity contribution >= 4 is 12.0 Å². The van der Waals surface area contributed by atoms with Crippen molar-refractivity contribution < 1.29 is 19.0 Å². The predicted molar refractivity (Wildman–Crippen MR) is 146 cm³/mol. The van der Waals surface area contributed by atoms with Crippen LogP contribution < -0.4 is 14.2 Å². The van der Waals surface area contributed by atoms with Gasteiger partial charge in [0.25, 0.3) is 0 Å². The Kier molecular flexibility index (Phi) is 11.1. The SMILES string of the molecule is COc1ccc(C=CCC(=O)N(CCCN(C)CCc2ccc(OC)c(OC)c2)C2CCCC2)cc1. The van der Waals surface area contributed by atoms with Crippen LogP contribution in [-0.2, 0) is 11.2 Å². The number of nitrogens with zero attached hydrogens (tertiary/aromatic N) is 2. The first-order valence-electron chi connectivity index (χ1n) is 13.0. The summed E-state index contributed by atoms with van der Waals surface area (Å²) in [5.74, 6) is 2.60. The van der Waals surface area contributed by atoms with E-state index < -0.39 is 0 Å². The summed E-state index contributed by atoms with van der Waals surface area (Å²) in [6, 6.07) is 14.4. The van der Waals surface area contributed by atoms with E-state index in [4.69, 9.17) is 14.2 Å². The van der Waals surface area contributed by atoms with Gasteiger partial charge < -0.3 is 24.0 Å². The normalized spacial score (nSPS) is 13.9. The molecular formula is C30H42N2O4. The third-order valence-electron chi connectivity index (χ3n) is 6.97. The Bertz CT molecular complexity index is 967. The topological polar surface area (TPSA) is 51.2 Å². The molecule has 1 amide bonds. The first kappa shape index (κ1) is 27.6. The third kappa shape index (κ3) is 8.30. The van der Waals surface area contributed by atoms with Gasteiger partial charge in [0, 0.05) is 25.6 Å². The fraction of sp³-hybridized carbons (Fsp3) is 0.500. The molecule has 36 heavy (non-hydrogen) atoms. The van der Waals surface area contributed by atoms with Gasteiger partial charge in [-0.25, -0.2) is 0 Å². The van der Waals surface area contributed by atoms with Gasteiger partial charge in [-0.3, -0.25) is 4.79 Å². The van der Waals surface area contributed by atoms with E-state index >= 15 is 0 Å². The summed E-state index contributed by atoms with van der Waals surface area (Å²) in [7, 11) is 7.14. The van der Waals surface area contributed by atoms with Crippen molar-refractivity contribution in [2.45, 2.75) is 51.0 Å². The lowest BCUT2D eigenvalue weighted by Gasteiger charge is -2.29. The van der Waals surface area contributed by atoms with Crippen LogP contribution in [0.15, 0.2) is 48.5 Å². The monoisotopic (exact) mass is 494 g/mol. The molecule has 0 saturated heterocycles. The van der Waals surface area contributed by atoms with Crippen LogP contribution in [0.4, 0.5) is 0 Å². The lowest BCUT2D eigenvalue weighted by atomic mass is 10.1. The number of benzene rings is 2. The first-order valence-corrected chi connectivity index (χ1v) is 13.0. The molecule has 0 radical (unpaired) electrons. The minimum Gasteiger partial charge on any atom is -0.497 e. The maximum atomic E-state index is 13.1. The van der Waals surface area contributed by atoms with Crippen molar-refractivity contribution in [3.05, 3.63) is 59.7 Å². The molecule has 6 nitrogen and oxygen atoms in total. The van der Waals surface area contributed by atoms with Gasteiger partial charge >= 0.3 is 0 Å². The second-order valence-corrected chi connectivity index (χ2v) is 9.50. The van der Waals surface area contributed by atoms with Crippen LogP contribution in [0.5, 0.6) is 17.2 Å². The number of hydrogen-bond donors (Lipinski definition) is 0. The molecule has 196 valence electrons. The Morgan fingerprint density at radius 2 is 1.64 bits per heavy atom. The van der Waals surface area contributed by atoms with Crippen molar-refractivity contribution in [2.75, 3.05) is 48.0 Å². The maximum absolute atomic E-state index is 13.1. The number of carbonyl (C=O) groups excluding carboxylic acids is 1. The number of carbonyl (C=O) groups is 1. The van der Waals surface area contributed by atoms with E-state index in [2.05, 4.69) is 22.9 Å². The van der Waals surface area contributed by atoms with Crippen molar-refractivity contribution in [3.63, 3.8) is 0 Å². The summed E-state index contributed by atoms with van der Waals surface area (Å²) in [5, 5.41) is 0. The quantitative estimate of drug-likeness (QED) is 0.349. The van der Waals surface area contributed by atoms with Crippen molar-refractivity contribution in [3.8, 4) is 17.2 Å². The molecule has 0 atom stereocenters. The largest absolute Gasteiger partial charge is 0.497 e. The van der Waals surface area contributed by atoms with Gasteiger partial charge in [0.2, 0.25) is 5.91 Å². The van der Waals surface area contributed by atoms with Crippen LogP contribution in [0.25, 0.3) is 6.08 Å². The molecule has 2 aromatic carbocycles. The fourth-order valence-electron chi connectivity index (χ4n) is 4.83. The van der Waals surface area contributed by atoms with Gasteiger partial charge in [-0.2, -0.15) is 0 Å². The van der Waals surface area contributed by atoms with Crippen LogP contribution in [0.1, 0.15) is 49.7 Å². The number of rotatable bonds is 14. The lowest BCUT2D eigenvalue weighted by Crippen LogP contribution is -2.40. The number of hydrogen-bond acceptors (Lipinski definition) is 5. The summed E-state index contributed by atoms with van der Waals surface area (Å²) in [6.07, 6.45) is 11.1. The maximum Gasteiger partial charge on any atom is 0.226 e. The minimum atomic E-state index is 0.236. The summed E-state index contributed by atoms with van der Waals surface area (Å²) in [6.45, 7) is 2.74. The van der Waals surface area contributed by atoms with E-state index in [0.29, 0.717) is 12.5 Å². The Morgan fingerprint density at radius 3 is 2.31 bits per heavy atom. The number of ether oxygens (including phenoxy) is 3. The highest BCUT2D eigenvalue weighted by atomic mass is 16.5. The zero-order valence-electron chi connectivity index (χ0n) is 22.4. The molecule has 0 aliphatic heterocycles. The molecule has 0 spiro atoms. The molecule has 0 unspecified atom stereocenters. The molecule has 3 rings (SSSR count). The second kappa shape index (κ2) is 14.5. The number of likely N-dealkylation sites (N-methyl/N-ethyl adjacent to an activating group) is 1. The van der Waals surface area contributed by atoms with Gasteiger partial charge in [0.05, 0.1) is 21.3 Å². The van der Waals surface area contributed by atoms with Crippen LogP contribution in [-0.4, -0.2) is 69.8 Å². The van der Waals surface area contributed by atoms with Gasteiger partial charge in [-0.1, -0.05) is 43.2 Å². The zero-order chi connectivity index (χ0) is 25.8. The van der Waals surface area contributed by atoms with E-state index in [1.54, 1.807) is 21.3 Å². The van der Waals surface area contributed by atoms with Crippen LogP contribution in [0, 0.1) is 0 Å². The Labute approximate surface area is 216 Å². The molecule has 2 aromatic rings. The minimum absolute atomic E-state index is 0.236. The fourth-order valence-corrected chi connectivity index (χ4v) is 4.83. The molecule has 1 saturated carbocycles. The highest BCUT2D eigenvalue weighted by Crippen LogP contribution is 2.28. The number of amides is 1. The van der Waals surface area contributed by atoms with Gasteiger partial charge in [0.1, 0.15) is 5.75 Å². The van der Waals surface area contributed by atoms with E-state index in [1.165, 1.54) is 18.4 Å². The molecule has 1 aliphatic rings. The van der Waals surface area contributed by atoms with Gasteiger partial charge in [-0.15, -0.1) is 0 Å². The summed E-state index contributed by atoms with van der Waals surface area (Å²) in [4.78, 5) is 17.6. The Hall–Kier alpha value is -2.99. The summed E-state index contributed by atoms with van der Waals surface area (Å²) in [5.41, 5.74) is 2.30. The zero-order valence-corrected chi connectivity index (χ0v) is 22.4. The van der Waals surface area contributed by atoms with E-state index in [-0.39, 0.29) is 5.91 Å². The molecule has 6 heteroatoms. The van der Waals surface area contributed by atoms with E-state index in [1.807, 2.05) is 48.6 Å². The van der Waals surface area contributed by atoms with Crippen LogP contribution in [0.3, 0.4) is 0 Å². The molecular weight excluding hydrogens is 452 g/mol. The van der Waals surface area contributed by atoms with Crippen LogP contribution >= 0.6 is 0 Å². The molecule has 0 heterocycles. The van der Waals surface area contributed by atoms with Crippen molar-refractivity contribution in [2.24, 2.45) is 0 Å². The van der Waals surface area contributed by atoms with Crippen molar-refractivity contribution in [1.29, 1.82) is 0 Å². The molecule has 0 aromatic heterocycles. The van der Waals surface area contributed by atoms with Crippen molar-refractivity contribution in [1.82, 2.24) is 9.80 Å². The summed E-state index contributed by atoms with van der Waals surface area (Å²) < 4.78 is 16.0. The van der Waals surface area contributed by atoms with Gasteiger partial charge in [-0.05, 0) is 74.7 Å². The smallest absolute Gasteiger partial charge is 0.226 e. The molecule has 1 aliphatic carbocycles. The molecule has 0 bridgehead atoms. The average molecular weight is 495 g/mol.